The van der Waals surface area contributed by atoms with Gasteiger partial charge in [-0.25, -0.2) is 4.68 Å². The first-order chi connectivity index (χ1) is 15.4. The molecule has 6 nitrogen and oxygen atoms in total. The third-order valence-corrected chi connectivity index (χ3v) is 5.63. The van der Waals surface area contributed by atoms with E-state index in [1.807, 2.05) is 24.3 Å². The summed E-state index contributed by atoms with van der Waals surface area (Å²) in [7, 11) is 0. The van der Waals surface area contributed by atoms with Gasteiger partial charge in [0.2, 0.25) is 0 Å². The van der Waals surface area contributed by atoms with E-state index in [0.29, 0.717) is 37.8 Å². The van der Waals surface area contributed by atoms with E-state index in [0.717, 1.165) is 0 Å². The molecule has 2 heterocycles. The van der Waals surface area contributed by atoms with Crippen LogP contribution in [0.1, 0.15) is 17.0 Å². The number of rotatable bonds is 4. The number of benzene rings is 2. The number of hydrogen-bond donors (Lipinski definition) is 1. The van der Waals surface area contributed by atoms with Crippen LogP contribution < -0.4 is 5.73 Å². The summed E-state index contributed by atoms with van der Waals surface area (Å²) >= 11 is 18.3. The lowest BCUT2D eigenvalue weighted by Crippen LogP contribution is -2.02. The predicted molar refractivity (Wildman–Crippen MR) is 125 cm³/mol. The van der Waals surface area contributed by atoms with Gasteiger partial charge in [-0.05, 0) is 36.4 Å². The summed E-state index contributed by atoms with van der Waals surface area (Å²) in [5.41, 5.74) is 7.72. The van der Waals surface area contributed by atoms with Crippen molar-refractivity contribution in [3.63, 3.8) is 0 Å². The van der Waals surface area contributed by atoms with E-state index in [1.54, 1.807) is 30.3 Å². The summed E-state index contributed by atoms with van der Waals surface area (Å²) in [5.74, 6) is 0.930. The van der Waals surface area contributed by atoms with Gasteiger partial charge in [-0.3, -0.25) is 0 Å². The Hall–Kier alpha value is -3.68. The third-order valence-electron chi connectivity index (χ3n) is 4.60. The van der Waals surface area contributed by atoms with Gasteiger partial charge in [0.05, 0.1) is 26.3 Å². The van der Waals surface area contributed by atoms with Crippen LogP contribution in [0, 0.1) is 22.7 Å². The number of allylic oxidation sites excluding steroid dienone is 1. The summed E-state index contributed by atoms with van der Waals surface area (Å²) in [4.78, 5) is 0. The number of aromatic nitrogens is 2. The van der Waals surface area contributed by atoms with Crippen molar-refractivity contribution in [1.82, 2.24) is 9.78 Å². The van der Waals surface area contributed by atoms with Gasteiger partial charge in [0.15, 0.2) is 0 Å². The van der Waals surface area contributed by atoms with Gasteiger partial charge >= 0.3 is 0 Å². The molecule has 9 heteroatoms. The van der Waals surface area contributed by atoms with Gasteiger partial charge in [-0.15, -0.1) is 0 Å². The Bertz CT molecular complexity index is 1440. The lowest BCUT2D eigenvalue weighted by Gasteiger charge is -2.03. The summed E-state index contributed by atoms with van der Waals surface area (Å²) < 4.78 is 7.25. The van der Waals surface area contributed by atoms with Crippen molar-refractivity contribution in [2.24, 2.45) is 0 Å². The number of furan rings is 1. The monoisotopic (exact) mass is 479 g/mol. The standard InChI is InChI=1S/C23H12Cl3N5O/c24-18-10-20(26)19(25)9-16(18)21-7-6-15(32-21)8-13(11-27)22-17(12-28)23(29)31(30-22)14-4-2-1-3-5-14/h1-10H,29H2/b13-8+. The predicted octanol–water partition coefficient (Wildman–Crippen LogP) is 6.61. The molecule has 0 saturated heterocycles. The fourth-order valence-corrected chi connectivity index (χ4v) is 3.72. The number of nitrogen functional groups attached to an aromatic ring is 1. The van der Waals surface area contributed by atoms with Gasteiger partial charge in [0.25, 0.3) is 0 Å². The van der Waals surface area contributed by atoms with Crippen LogP contribution in [0.5, 0.6) is 0 Å². The largest absolute Gasteiger partial charge is 0.457 e. The zero-order valence-electron chi connectivity index (χ0n) is 16.2. The molecule has 2 N–H and O–H groups in total. The summed E-state index contributed by atoms with van der Waals surface area (Å²) in [6.45, 7) is 0. The molecule has 0 aliphatic rings. The second kappa shape index (κ2) is 8.82. The molecule has 0 fully saturated rings. The van der Waals surface area contributed by atoms with E-state index < -0.39 is 0 Å². The SMILES string of the molecule is N#C/C(=C\c1ccc(-c2cc(Cl)c(Cl)cc2Cl)o1)c1nn(-c2ccccc2)c(N)c1C#N. The van der Waals surface area contributed by atoms with Gasteiger partial charge in [-0.2, -0.15) is 15.6 Å². The van der Waals surface area contributed by atoms with E-state index in [-0.39, 0.29) is 22.6 Å². The van der Waals surface area contributed by atoms with Crippen molar-refractivity contribution in [2.45, 2.75) is 0 Å². The summed E-state index contributed by atoms with van der Waals surface area (Å²) in [6.07, 6.45) is 1.48. The molecule has 0 unspecified atom stereocenters. The topological polar surface area (TPSA) is 105 Å². The second-order valence-corrected chi connectivity index (χ2v) is 7.81. The molecular formula is C23H12Cl3N5O. The van der Waals surface area contributed by atoms with Gasteiger partial charge < -0.3 is 10.2 Å². The summed E-state index contributed by atoms with van der Waals surface area (Å²) in [6, 6.07) is 19.7. The van der Waals surface area contributed by atoms with Crippen molar-refractivity contribution in [1.29, 1.82) is 10.5 Å². The fourth-order valence-electron chi connectivity index (χ4n) is 3.08. The zero-order chi connectivity index (χ0) is 22.8. The molecule has 2 aromatic carbocycles. The highest BCUT2D eigenvalue weighted by molar-refractivity contribution is 6.44. The number of hydrogen-bond acceptors (Lipinski definition) is 5. The Kier molecular flexibility index (Phi) is 5.94. The lowest BCUT2D eigenvalue weighted by molar-refractivity contribution is 0.572. The molecule has 0 bridgehead atoms. The number of nitrogens with zero attached hydrogens (tertiary/aromatic N) is 4. The summed E-state index contributed by atoms with van der Waals surface area (Å²) in [5, 5.41) is 24.8. The molecule has 0 amide bonds. The van der Waals surface area contributed by atoms with E-state index in [9.17, 15) is 10.5 Å². The number of halogens is 3. The number of nitrogens with two attached hydrogens (primary N) is 1. The molecule has 0 saturated carbocycles. The van der Waals surface area contributed by atoms with E-state index >= 15 is 0 Å². The Morgan fingerprint density at radius 1 is 1.00 bits per heavy atom. The molecule has 0 spiro atoms. The minimum Gasteiger partial charge on any atom is -0.457 e. The highest BCUT2D eigenvalue weighted by Crippen LogP contribution is 2.36. The van der Waals surface area contributed by atoms with Crippen molar-refractivity contribution in [3.8, 4) is 29.1 Å². The molecule has 4 aromatic rings. The maximum atomic E-state index is 9.75. The van der Waals surface area contributed by atoms with Gasteiger partial charge in [0.1, 0.15) is 40.7 Å². The van der Waals surface area contributed by atoms with Crippen LogP contribution in [-0.2, 0) is 0 Å². The Morgan fingerprint density at radius 3 is 2.41 bits per heavy atom. The molecule has 156 valence electrons. The van der Waals surface area contributed by atoms with Crippen molar-refractivity contribution < 1.29 is 4.42 Å². The quantitative estimate of drug-likeness (QED) is 0.261. The average Bonchev–Trinajstić information content (AvgIpc) is 3.39. The normalized spacial score (nSPS) is 11.2. The maximum Gasteiger partial charge on any atom is 0.145 e. The van der Waals surface area contributed by atoms with Crippen molar-refractivity contribution >= 4 is 52.3 Å². The second-order valence-electron chi connectivity index (χ2n) is 6.59. The van der Waals surface area contributed by atoms with Crippen molar-refractivity contribution in [2.75, 3.05) is 5.73 Å². The maximum absolute atomic E-state index is 9.75. The first kappa shape index (κ1) is 21.5. The van der Waals surface area contributed by atoms with Crippen LogP contribution in [0.3, 0.4) is 0 Å². The first-order valence-electron chi connectivity index (χ1n) is 9.14. The van der Waals surface area contributed by atoms with Crippen LogP contribution in [0.2, 0.25) is 15.1 Å². The highest BCUT2D eigenvalue weighted by Gasteiger charge is 2.20. The van der Waals surface area contributed by atoms with E-state index in [1.165, 1.54) is 16.8 Å². The highest BCUT2D eigenvalue weighted by atomic mass is 35.5. The van der Waals surface area contributed by atoms with Crippen molar-refractivity contribution in [3.05, 3.63) is 86.7 Å². The van der Waals surface area contributed by atoms with Crippen LogP contribution in [0.15, 0.2) is 59.0 Å². The van der Waals surface area contributed by atoms with Crippen LogP contribution in [0.25, 0.3) is 28.7 Å². The Balaban J connectivity index is 1.77. The number of nitriles is 2. The lowest BCUT2D eigenvalue weighted by atomic mass is 10.1. The molecule has 4 rings (SSSR count). The first-order valence-corrected chi connectivity index (χ1v) is 10.3. The number of para-hydroxylation sites is 1. The van der Waals surface area contributed by atoms with E-state index in [4.69, 9.17) is 45.0 Å². The van der Waals surface area contributed by atoms with Crippen LogP contribution in [-0.4, -0.2) is 9.78 Å². The molecule has 2 aromatic heterocycles. The average molecular weight is 481 g/mol. The minimum atomic E-state index is 0.0981. The Morgan fingerprint density at radius 2 is 1.72 bits per heavy atom. The molecule has 0 radical (unpaired) electrons. The molecule has 0 aliphatic carbocycles. The van der Waals surface area contributed by atoms with Crippen LogP contribution >= 0.6 is 34.8 Å². The van der Waals surface area contributed by atoms with Gasteiger partial charge in [0, 0.05) is 11.6 Å². The van der Waals surface area contributed by atoms with Gasteiger partial charge in [-0.1, -0.05) is 53.0 Å². The third kappa shape index (κ3) is 3.95. The Labute approximate surface area is 198 Å². The number of anilines is 1. The molecule has 0 aliphatic heterocycles. The molecule has 0 atom stereocenters. The smallest absolute Gasteiger partial charge is 0.145 e. The van der Waals surface area contributed by atoms with Crippen LogP contribution in [0.4, 0.5) is 5.82 Å². The van der Waals surface area contributed by atoms with E-state index in [2.05, 4.69) is 11.2 Å². The minimum absolute atomic E-state index is 0.0981. The molecular weight excluding hydrogens is 469 g/mol. The molecule has 32 heavy (non-hydrogen) atoms. The fraction of sp³-hybridized carbons (Fsp3) is 0. The zero-order valence-corrected chi connectivity index (χ0v) is 18.4.